The molecular formula is C20H22N2O4. The van der Waals surface area contributed by atoms with Gasteiger partial charge < -0.3 is 9.47 Å². The molecule has 6 nitrogen and oxygen atoms in total. The number of hydrogen-bond acceptors (Lipinski definition) is 5. The zero-order valence-corrected chi connectivity index (χ0v) is 15.3. The third-order valence-corrected chi connectivity index (χ3v) is 3.96. The monoisotopic (exact) mass is 354 g/mol. The minimum Gasteiger partial charge on any atom is -0.483 e. The van der Waals surface area contributed by atoms with Crippen LogP contribution in [0.1, 0.15) is 32.6 Å². The molecule has 0 saturated heterocycles. The van der Waals surface area contributed by atoms with E-state index in [9.17, 15) is 9.59 Å². The normalized spacial score (nSPS) is 10.6. The maximum absolute atomic E-state index is 11.9. The van der Waals surface area contributed by atoms with Crippen molar-refractivity contribution < 1.29 is 19.1 Å². The number of nitrogens with one attached hydrogen (secondary N) is 1. The molecule has 1 N–H and O–H groups in total. The highest BCUT2D eigenvalue weighted by atomic mass is 16.5. The van der Waals surface area contributed by atoms with Crippen LogP contribution < -0.4 is 10.2 Å². The van der Waals surface area contributed by atoms with E-state index in [2.05, 4.69) is 15.3 Å². The number of ether oxygens (including phenoxy) is 2. The van der Waals surface area contributed by atoms with Gasteiger partial charge in [-0.15, -0.1) is 0 Å². The molecule has 0 aliphatic heterocycles. The maximum Gasteiger partial charge on any atom is 0.337 e. The first-order chi connectivity index (χ1) is 12.4. The number of benzene rings is 2. The molecule has 1 amide bonds. The second-order valence-corrected chi connectivity index (χ2v) is 5.85. The zero-order chi connectivity index (χ0) is 19.1. The summed E-state index contributed by atoms with van der Waals surface area (Å²) in [5.41, 5.74) is 6.72. The van der Waals surface area contributed by atoms with Gasteiger partial charge >= 0.3 is 5.97 Å². The molecule has 26 heavy (non-hydrogen) atoms. The average molecular weight is 354 g/mol. The number of esters is 1. The Hall–Kier alpha value is -3.15. The largest absolute Gasteiger partial charge is 0.483 e. The lowest BCUT2D eigenvalue weighted by molar-refractivity contribution is -0.123. The first-order valence-electron chi connectivity index (χ1n) is 8.12. The first kappa shape index (κ1) is 19.2. The Morgan fingerprint density at radius 2 is 1.69 bits per heavy atom. The molecular weight excluding hydrogens is 332 g/mol. The third-order valence-electron chi connectivity index (χ3n) is 3.96. The molecule has 136 valence electrons. The van der Waals surface area contributed by atoms with E-state index >= 15 is 0 Å². The second-order valence-electron chi connectivity index (χ2n) is 5.85. The van der Waals surface area contributed by atoms with Crippen molar-refractivity contribution in [3.05, 3.63) is 64.2 Å². The van der Waals surface area contributed by atoms with Gasteiger partial charge in [-0.25, -0.2) is 10.2 Å². The number of rotatable bonds is 6. The molecule has 6 heteroatoms. The average Bonchev–Trinajstić information content (AvgIpc) is 2.64. The van der Waals surface area contributed by atoms with Crippen LogP contribution in [0.2, 0.25) is 0 Å². The van der Waals surface area contributed by atoms with Crippen molar-refractivity contribution in [1.82, 2.24) is 5.43 Å². The van der Waals surface area contributed by atoms with Gasteiger partial charge in [0.15, 0.2) is 6.61 Å². The van der Waals surface area contributed by atoms with E-state index < -0.39 is 5.97 Å². The van der Waals surface area contributed by atoms with Crippen LogP contribution in [0.4, 0.5) is 0 Å². The number of aryl methyl sites for hydroxylation is 2. The molecule has 0 spiro atoms. The van der Waals surface area contributed by atoms with Crippen LogP contribution in [-0.4, -0.2) is 31.8 Å². The van der Waals surface area contributed by atoms with Gasteiger partial charge in [0.1, 0.15) is 5.75 Å². The lowest BCUT2D eigenvalue weighted by atomic mass is 10.1. The van der Waals surface area contributed by atoms with Crippen LogP contribution in [0, 0.1) is 20.8 Å². The number of hydrazone groups is 1. The standard InChI is InChI=1S/C20H22N2O4/c1-13-5-6-14(2)19(15(13)3)26-12-18(23)22-21-11-16-7-9-17(10-8-16)20(24)25-4/h5-11H,12H2,1-4H3,(H,22,23)/b21-11-. The third kappa shape index (κ3) is 4.92. The van der Waals surface area contributed by atoms with Gasteiger partial charge in [-0.1, -0.05) is 24.3 Å². The summed E-state index contributed by atoms with van der Waals surface area (Å²) >= 11 is 0. The van der Waals surface area contributed by atoms with E-state index in [0.29, 0.717) is 5.56 Å². The van der Waals surface area contributed by atoms with E-state index in [1.54, 1.807) is 24.3 Å². The summed E-state index contributed by atoms with van der Waals surface area (Å²) in [6.07, 6.45) is 1.49. The highest BCUT2D eigenvalue weighted by Gasteiger charge is 2.09. The number of nitrogens with zero attached hydrogens (tertiary/aromatic N) is 1. The van der Waals surface area contributed by atoms with E-state index in [1.807, 2.05) is 32.9 Å². The summed E-state index contributed by atoms with van der Waals surface area (Å²) in [4.78, 5) is 23.2. The Bertz CT molecular complexity index is 826. The lowest BCUT2D eigenvalue weighted by Crippen LogP contribution is -2.25. The van der Waals surface area contributed by atoms with Gasteiger partial charge in [0.05, 0.1) is 18.9 Å². The molecule has 0 heterocycles. The van der Waals surface area contributed by atoms with Crippen LogP contribution in [0.25, 0.3) is 0 Å². The number of methoxy groups -OCH3 is 1. The quantitative estimate of drug-likeness (QED) is 0.492. The summed E-state index contributed by atoms with van der Waals surface area (Å²) in [6.45, 7) is 5.78. The molecule has 2 rings (SSSR count). The van der Waals surface area contributed by atoms with Crippen molar-refractivity contribution in [2.75, 3.05) is 13.7 Å². The van der Waals surface area contributed by atoms with Gasteiger partial charge in [0.2, 0.25) is 0 Å². The van der Waals surface area contributed by atoms with E-state index in [0.717, 1.165) is 28.0 Å². The summed E-state index contributed by atoms with van der Waals surface area (Å²) in [7, 11) is 1.33. The molecule has 0 bridgehead atoms. The Balaban J connectivity index is 1.88. The van der Waals surface area contributed by atoms with Crippen molar-refractivity contribution in [1.29, 1.82) is 0 Å². The van der Waals surface area contributed by atoms with Crippen molar-refractivity contribution in [3.8, 4) is 5.75 Å². The molecule has 0 aliphatic rings. The fourth-order valence-electron chi connectivity index (χ4n) is 2.32. The second kappa shape index (κ2) is 8.80. The van der Waals surface area contributed by atoms with Crippen LogP contribution in [0.15, 0.2) is 41.5 Å². The van der Waals surface area contributed by atoms with E-state index in [4.69, 9.17) is 4.74 Å². The highest BCUT2D eigenvalue weighted by molar-refractivity contribution is 5.90. The van der Waals surface area contributed by atoms with Crippen LogP contribution in [0.5, 0.6) is 5.75 Å². The minimum absolute atomic E-state index is 0.121. The number of carbonyl (C=O) groups excluding carboxylic acids is 2. The SMILES string of the molecule is COC(=O)c1ccc(/C=N\NC(=O)COc2c(C)ccc(C)c2C)cc1. The van der Waals surface area contributed by atoms with Gasteiger partial charge in [-0.3, -0.25) is 4.79 Å². The molecule has 0 saturated carbocycles. The first-order valence-corrected chi connectivity index (χ1v) is 8.12. The smallest absolute Gasteiger partial charge is 0.337 e. The fourth-order valence-corrected chi connectivity index (χ4v) is 2.32. The van der Waals surface area contributed by atoms with Crippen molar-refractivity contribution in [2.24, 2.45) is 5.10 Å². The van der Waals surface area contributed by atoms with Crippen molar-refractivity contribution in [2.45, 2.75) is 20.8 Å². The molecule has 0 aromatic heterocycles. The van der Waals surface area contributed by atoms with Crippen LogP contribution in [-0.2, 0) is 9.53 Å². The van der Waals surface area contributed by atoms with Gasteiger partial charge in [-0.2, -0.15) is 5.10 Å². The summed E-state index contributed by atoms with van der Waals surface area (Å²) in [6, 6.07) is 10.7. The van der Waals surface area contributed by atoms with E-state index in [1.165, 1.54) is 13.3 Å². The number of carbonyl (C=O) groups is 2. The predicted molar refractivity (Wildman–Crippen MR) is 99.7 cm³/mol. The Morgan fingerprint density at radius 1 is 1.04 bits per heavy atom. The van der Waals surface area contributed by atoms with Crippen molar-refractivity contribution >= 4 is 18.1 Å². The topological polar surface area (TPSA) is 77.0 Å². The molecule has 0 fully saturated rings. The summed E-state index contributed by atoms with van der Waals surface area (Å²) in [5.74, 6) is -0.0315. The number of amides is 1. The summed E-state index contributed by atoms with van der Waals surface area (Å²) < 4.78 is 10.3. The van der Waals surface area contributed by atoms with Crippen LogP contribution >= 0.6 is 0 Å². The molecule has 0 unspecified atom stereocenters. The molecule has 0 aliphatic carbocycles. The molecule has 2 aromatic carbocycles. The molecule has 2 aromatic rings. The van der Waals surface area contributed by atoms with E-state index in [-0.39, 0.29) is 12.5 Å². The van der Waals surface area contributed by atoms with Gasteiger partial charge in [0, 0.05) is 0 Å². The Kier molecular flexibility index (Phi) is 6.49. The highest BCUT2D eigenvalue weighted by Crippen LogP contribution is 2.25. The summed E-state index contributed by atoms with van der Waals surface area (Å²) in [5, 5.41) is 3.89. The van der Waals surface area contributed by atoms with Crippen LogP contribution in [0.3, 0.4) is 0 Å². The molecule has 0 atom stereocenters. The lowest BCUT2D eigenvalue weighted by Gasteiger charge is -2.13. The number of hydrogen-bond donors (Lipinski definition) is 1. The molecule has 0 radical (unpaired) electrons. The Labute approximate surface area is 152 Å². The Morgan fingerprint density at radius 3 is 2.35 bits per heavy atom. The van der Waals surface area contributed by atoms with Gasteiger partial charge in [-0.05, 0) is 55.2 Å². The van der Waals surface area contributed by atoms with Crippen molar-refractivity contribution in [3.63, 3.8) is 0 Å². The van der Waals surface area contributed by atoms with Gasteiger partial charge in [0.25, 0.3) is 5.91 Å². The fraction of sp³-hybridized carbons (Fsp3) is 0.250. The minimum atomic E-state index is -0.402. The maximum atomic E-state index is 11.9. The zero-order valence-electron chi connectivity index (χ0n) is 15.3. The predicted octanol–water partition coefficient (Wildman–Crippen LogP) is 2.93.